The lowest BCUT2D eigenvalue weighted by Gasteiger charge is -2.15. The summed E-state index contributed by atoms with van der Waals surface area (Å²) in [6.45, 7) is 1.74. The van der Waals surface area contributed by atoms with Crippen LogP contribution < -0.4 is 15.0 Å². The predicted molar refractivity (Wildman–Crippen MR) is 114 cm³/mol. The van der Waals surface area contributed by atoms with Crippen molar-refractivity contribution in [1.29, 1.82) is 0 Å². The second-order valence-electron chi connectivity index (χ2n) is 6.24. The highest BCUT2D eigenvalue weighted by Gasteiger charge is 2.18. The van der Waals surface area contributed by atoms with Gasteiger partial charge in [0.05, 0.1) is 29.4 Å². The molecular weight excluding hydrogens is 410 g/mol. The predicted octanol–water partition coefficient (Wildman–Crippen LogP) is 3.57. The fourth-order valence-electron chi connectivity index (χ4n) is 3.06. The minimum atomic E-state index is -3.72. The second kappa shape index (κ2) is 7.34. The van der Waals surface area contributed by atoms with Gasteiger partial charge in [0, 0.05) is 6.07 Å². The van der Waals surface area contributed by atoms with Gasteiger partial charge >= 0.3 is 0 Å². The van der Waals surface area contributed by atoms with Crippen LogP contribution in [0.15, 0.2) is 69.0 Å². The maximum atomic E-state index is 13.0. The van der Waals surface area contributed by atoms with E-state index >= 15 is 0 Å². The summed E-state index contributed by atoms with van der Waals surface area (Å²) in [5.41, 5.74) is 1.23. The number of ether oxygens (including phenoxy) is 1. The van der Waals surface area contributed by atoms with Gasteiger partial charge in [0.1, 0.15) is 15.8 Å². The molecule has 0 amide bonds. The first-order valence-electron chi connectivity index (χ1n) is 8.64. The number of anilines is 1. The molecule has 0 saturated heterocycles. The number of methoxy groups -OCH3 is 1. The van der Waals surface area contributed by atoms with Crippen molar-refractivity contribution in [1.82, 2.24) is 9.55 Å². The van der Waals surface area contributed by atoms with Gasteiger partial charge in [-0.25, -0.2) is 13.4 Å². The van der Waals surface area contributed by atoms with Gasteiger partial charge in [0.2, 0.25) is 0 Å². The van der Waals surface area contributed by atoms with E-state index in [0.29, 0.717) is 28.2 Å². The van der Waals surface area contributed by atoms with Gasteiger partial charge in [-0.1, -0.05) is 18.2 Å². The molecule has 0 unspecified atom stereocenters. The normalized spacial score (nSPS) is 11.5. The quantitative estimate of drug-likeness (QED) is 0.526. The van der Waals surface area contributed by atoms with Gasteiger partial charge in [-0.05, 0) is 42.6 Å². The first-order valence-corrected chi connectivity index (χ1v) is 11.0. The smallest absolute Gasteiger partial charge is 0.271 e. The van der Waals surface area contributed by atoms with Crippen molar-refractivity contribution in [3.63, 3.8) is 0 Å². The molecule has 2 aromatic heterocycles. The Kier molecular flexibility index (Phi) is 4.85. The maximum absolute atomic E-state index is 13.0. The molecular formula is C20H17N3O4S2. The molecule has 0 fully saturated rings. The van der Waals surface area contributed by atoms with Crippen LogP contribution in [-0.4, -0.2) is 25.1 Å². The fourth-order valence-corrected chi connectivity index (χ4v) is 5.13. The average Bonchev–Trinajstić information content (AvgIpc) is 3.25. The molecule has 0 radical (unpaired) electrons. The highest BCUT2D eigenvalue weighted by molar-refractivity contribution is 7.94. The van der Waals surface area contributed by atoms with Crippen LogP contribution in [0.25, 0.3) is 16.6 Å². The topological polar surface area (TPSA) is 90.3 Å². The Morgan fingerprint density at radius 3 is 2.62 bits per heavy atom. The van der Waals surface area contributed by atoms with Crippen LogP contribution in [0.2, 0.25) is 0 Å². The number of aromatic nitrogens is 2. The number of hydrogen-bond donors (Lipinski definition) is 1. The van der Waals surface area contributed by atoms with E-state index < -0.39 is 10.0 Å². The number of para-hydroxylation sites is 1. The van der Waals surface area contributed by atoms with Crippen molar-refractivity contribution in [3.8, 4) is 11.4 Å². The number of sulfonamides is 1. The Morgan fingerprint density at radius 1 is 1.10 bits per heavy atom. The lowest BCUT2D eigenvalue weighted by atomic mass is 10.2. The number of aryl methyl sites for hydroxylation is 1. The van der Waals surface area contributed by atoms with Crippen LogP contribution in [-0.2, 0) is 10.0 Å². The van der Waals surface area contributed by atoms with Crippen LogP contribution in [0.1, 0.15) is 5.82 Å². The first kappa shape index (κ1) is 19.2. The number of nitrogens with one attached hydrogen (secondary N) is 1. The number of thiophene rings is 1. The molecule has 0 aliphatic rings. The molecule has 0 saturated carbocycles. The van der Waals surface area contributed by atoms with E-state index in [0.717, 1.165) is 11.3 Å². The second-order valence-corrected chi connectivity index (χ2v) is 9.10. The van der Waals surface area contributed by atoms with Crippen LogP contribution in [0.5, 0.6) is 5.75 Å². The van der Waals surface area contributed by atoms with Crippen molar-refractivity contribution < 1.29 is 13.2 Å². The Labute approximate surface area is 171 Å². The van der Waals surface area contributed by atoms with E-state index in [1.807, 2.05) is 6.07 Å². The zero-order chi connectivity index (χ0) is 20.6. The van der Waals surface area contributed by atoms with E-state index in [1.54, 1.807) is 54.8 Å². The molecule has 4 aromatic rings. The molecule has 0 bridgehead atoms. The monoisotopic (exact) mass is 427 g/mol. The summed E-state index contributed by atoms with van der Waals surface area (Å²) in [4.78, 5) is 17.5. The first-order chi connectivity index (χ1) is 13.9. The third-order valence-electron chi connectivity index (χ3n) is 4.39. The lowest BCUT2D eigenvalue weighted by Crippen LogP contribution is -2.22. The Balaban J connectivity index is 1.80. The molecule has 29 heavy (non-hydrogen) atoms. The Bertz CT molecular complexity index is 1360. The van der Waals surface area contributed by atoms with Crippen molar-refractivity contribution in [3.05, 3.63) is 76.2 Å². The highest BCUT2D eigenvalue weighted by atomic mass is 32.2. The lowest BCUT2D eigenvalue weighted by molar-refractivity contribution is 0.416. The summed E-state index contributed by atoms with van der Waals surface area (Å²) in [5, 5.41) is 2.19. The standard InChI is InChI=1S/C20H17N3O4S2/c1-13-21-16-7-4-3-6-15(16)20(24)23(13)14-9-10-17(18(12-14)27-2)22-29(25,26)19-8-5-11-28-19/h3-12,22H,1-2H3. The van der Waals surface area contributed by atoms with Crippen molar-refractivity contribution >= 4 is 38.0 Å². The van der Waals surface area contributed by atoms with E-state index in [9.17, 15) is 13.2 Å². The number of hydrogen-bond acceptors (Lipinski definition) is 6. The summed E-state index contributed by atoms with van der Waals surface area (Å²) in [6.07, 6.45) is 0. The van der Waals surface area contributed by atoms with Crippen molar-refractivity contribution in [2.75, 3.05) is 11.8 Å². The van der Waals surface area contributed by atoms with Gasteiger partial charge in [0.25, 0.3) is 15.6 Å². The van der Waals surface area contributed by atoms with Crippen LogP contribution in [0.4, 0.5) is 5.69 Å². The van der Waals surface area contributed by atoms with Gasteiger partial charge < -0.3 is 4.74 Å². The Hall–Kier alpha value is -3.17. The molecule has 0 aliphatic carbocycles. The van der Waals surface area contributed by atoms with Gasteiger partial charge in [-0.15, -0.1) is 11.3 Å². The number of rotatable bonds is 5. The maximum Gasteiger partial charge on any atom is 0.271 e. The molecule has 1 N–H and O–H groups in total. The largest absolute Gasteiger partial charge is 0.494 e. The van der Waals surface area contributed by atoms with E-state index in [4.69, 9.17) is 4.74 Å². The highest BCUT2D eigenvalue weighted by Crippen LogP contribution is 2.30. The summed E-state index contributed by atoms with van der Waals surface area (Å²) in [7, 11) is -2.28. The van der Waals surface area contributed by atoms with Crippen LogP contribution in [0, 0.1) is 6.92 Å². The molecule has 2 aromatic carbocycles. The summed E-state index contributed by atoms with van der Waals surface area (Å²) in [6, 6.07) is 15.2. The Morgan fingerprint density at radius 2 is 1.90 bits per heavy atom. The SMILES string of the molecule is COc1cc(-n2c(C)nc3ccccc3c2=O)ccc1NS(=O)(=O)c1cccs1. The van der Waals surface area contributed by atoms with E-state index in [1.165, 1.54) is 17.7 Å². The van der Waals surface area contributed by atoms with Gasteiger partial charge in [-0.2, -0.15) is 0 Å². The molecule has 7 nitrogen and oxygen atoms in total. The minimum Gasteiger partial charge on any atom is -0.494 e. The van der Waals surface area contributed by atoms with Crippen LogP contribution in [0.3, 0.4) is 0 Å². The molecule has 0 atom stereocenters. The molecule has 2 heterocycles. The molecule has 0 spiro atoms. The minimum absolute atomic E-state index is 0.203. The third kappa shape index (κ3) is 3.50. The molecule has 9 heteroatoms. The van der Waals surface area contributed by atoms with Crippen molar-refractivity contribution in [2.45, 2.75) is 11.1 Å². The summed E-state index contributed by atoms with van der Waals surface area (Å²) < 4.78 is 34.6. The zero-order valence-corrected chi connectivity index (χ0v) is 17.3. The average molecular weight is 428 g/mol. The number of nitrogens with zero attached hydrogens (tertiary/aromatic N) is 2. The zero-order valence-electron chi connectivity index (χ0n) is 15.6. The molecule has 0 aliphatic heterocycles. The van der Waals surface area contributed by atoms with Crippen molar-refractivity contribution in [2.24, 2.45) is 0 Å². The number of benzene rings is 2. The van der Waals surface area contributed by atoms with Gasteiger partial charge in [0.15, 0.2) is 0 Å². The van der Waals surface area contributed by atoms with Gasteiger partial charge in [-0.3, -0.25) is 14.1 Å². The fraction of sp³-hybridized carbons (Fsp3) is 0.100. The molecule has 4 rings (SSSR count). The van der Waals surface area contributed by atoms with Crippen LogP contribution >= 0.6 is 11.3 Å². The number of fused-ring (bicyclic) bond motifs is 1. The summed E-state index contributed by atoms with van der Waals surface area (Å²) >= 11 is 1.12. The molecule has 148 valence electrons. The van der Waals surface area contributed by atoms with E-state index in [2.05, 4.69) is 9.71 Å². The third-order valence-corrected chi connectivity index (χ3v) is 7.15. The summed E-state index contributed by atoms with van der Waals surface area (Å²) in [5.74, 6) is 0.810. The van der Waals surface area contributed by atoms with E-state index in [-0.39, 0.29) is 15.5 Å².